The number of aliphatic hydroxyl groups excluding tert-OH is 1. The Hall–Kier alpha value is -1.63. The molecule has 0 bridgehead atoms. The van der Waals surface area contributed by atoms with Crippen molar-refractivity contribution in [3.8, 4) is 5.75 Å². The fraction of sp³-hybridized carbons (Fsp3) is 0.588. The molecule has 1 aliphatic rings. The minimum atomic E-state index is -0.142. The van der Waals surface area contributed by atoms with Crippen LogP contribution in [0.2, 0.25) is 0 Å². The number of methoxy groups -OCH3 is 1. The second kappa shape index (κ2) is 8.86. The molecule has 0 radical (unpaired) electrons. The molecule has 2 N–H and O–H groups in total. The van der Waals surface area contributed by atoms with E-state index in [0.717, 1.165) is 37.5 Å². The molecule has 1 aromatic carbocycles. The first-order valence-electron chi connectivity index (χ1n) is 8.12. The number of hydrogen-bond donors (Lipinski definition) is 2. The molecule has 6 nitrogen and oxygen atoms in total. The van der Waals surface area contributed by atoms with Crippen LogP contribution < -0.4 is 10.1 Å². The second-order valence-electron chi connectivity index (χ2n) is 5.85. The quantitative estimate of drug-likeness (QED) is 0.757. The molecule has 1 heterocycles. The van der Waals surface area contributed by atoms with Gasteiger partial charge in [0.15, 0.2) is 0 Å². The maximum atomic E-state index is 12.3. The van der Waals surface area contributed by atoms with Gasteiger partial charge in [-0.1, -0.05) is 12.1 Å². The van der Waals surface area contributed by atoms with Crippen LogP contribution in [0.25, 0.3) is 0 Å². The molecule has 0 aliphatic carbocycles. The molecule has 0 saturated carbocycles. The van der Waals surface area contributed by atoms with Crippen LogP contribution >= 0.6 is 0 Å². The first kappa shape index (κ1) is 17.7. The lowest BCUT2D eigenvalue weighted by molar-refractivity contribution is -0.126. The number of carbonyl (C=O) groups excluding carboxylic acids is 1. The van der Waals surface area contributed by atoms with Crippen molar-refractivity contribution in [1.82, 2.24) is 15.1 Å². The van der Waals surface area contributed by atoms with Crippen LogP contribution in [-0.4, -0.2) is 73.3 Å². The number of nitrogens with zero attached hydrogens (tertiary/aromatic N) is 2. The van der Waals surface area contributed by atoms with E-state index < -0.39 is 0 Å². The standard InChI is InChI=1S/C17H27N3O3/c1-14(20-8-6-19(7-9-20)10-11-21)17(22)18-13-15-4-3-5-16(12-15)23-2/h3-5,12,14,21H,6-11,13H2,1-2H3,(H,18,22). The van der Waals surface area contributed by atoms with E-state index in [1.54, 1.807) is 7.11 Å². The highest BCUT2D eigenvalue weighted by atomic mass is 16.5. The lowest BCUT2D eigenvalue weighted by Gasteiger charge is -2.37. The van der Waals surface area contributed by atoms with Crippen molar-refractivity contribution in [3.05, 3.63) is 29.8 Å². The lowest BCUT2D eigenvalue weighted by atomic mass is 10.2. The highest BCUT2D eigenvalue weighted by Gasteiger charge is 2.25. The van der Waals surface area contributed by atoms with Crippen LogP contribution in [0.5, 0.6) is 5.75 Å². The average molecular weight is 321 g/mol. The summed E-state index contributed by atoms with van der Waals surface area (Å²) < 4.78 is 5.19. The molecule has 6 heteroatoms. The number of piperazine rings is 1. The van der Waals surface area contributed by atoms with E-state index in [2.05, 4.69) is 15.1 Å². The summed E-state index contributed by atoms with van der Waals surface area (Å²) in [6.45, 7) is 6.86. The average Bonchev–Trinajstić information content (AvgIpc) is 2.60. The predicted molar refractivity (Wildman–Crippen MR) is 89.4 cm³/mol. The van der Waals surface area contributed by atoms with Crippen LogP contribution in [0.4, 0.5) is 0 Å². The number of nitrogens with one attached hydrogen (secondary N) is 1. The molecule has 1 saturated heterocycles. The van der Waals surface area contributed by atoms with Gasteiger partial charge in [-0.25, -0.2) is 0 Å². The Morgan fingerprint density at radius 1 is 1.35 bits per heavy atom. The summed E-state index contributed by atoms with van der Waals surface area (Å²) in [4.78, 5) is 16.7. The van der Waals surface area contributed by atoms with Crippen molar-refractivity contribution in [3.63, 3.8) is 0 Å². The van der Waals surface area contributed by atoms with Crippen molar-refractivity contribution in [2.24, 2.45) is 0 Å². The molecule has 128 valence electrons. The molecule has 1 aromatic rings. The summed E-state index contributed by atoms with van der Waals surface area (Å²) in [7, 11) is 1.64. The Morgan fingerprint density at radius 3 is 2.74 bits per heavy atom. The van der Waals surface area contributed by atoms with Gasteiger partial charge in [0.25, 0.3) is 0 Å². The van der Waals surface area contributed by atoms with E-state index >= 15 is 0 Å². The number of amides is 1. The molecule has 1 unspecified atom stereocenters. The van der Waals surface area contributed by atoms with Gasteiger partial charge in [-0.3, -0.25) is 14.6 Å². The SMILES string of the molecule is COc1cccc(CNC(=O)C(C)N2CCN(CCO)CC2)c1. The van der Waals surface area contributed by atoms with Gasteiger partial charge in [0.05, 0.1) is 19.8 Å². The van der Waals surface area contributed by atoms with Gasteiger partial charge >= 0.3 is 0 Å². The second-order valence-corrected chi connectivity index (χ2v) is 5.85. The van der Waals surface area contributed by atoms with Gasteiger partial charge in [-0.05, 0) is 24.6 Å². The molecule has 0 aromatic heterocycles. The van der Waals surface area contributed by atoms with E-state index in [0.29, 0.717) is 13.1 Å². The van der Waals surface area contributed by atoms with E-state index in [1.807, 2.05) is 31.2 Å². The maximum absolute atomic E-state index is 12.3. The Bertz CT molecular complexity index is 502. The molecule has 23 heavy (non-hydrogen) atoms. The van der Waals surface area contributed by atoms with E-state index in [4.69, 9.17) is 9.84 Å². The number of β-amino-alcohol motifs (C(OH)–C–C–N with tert-alkyl or cyclic N) is 1. The van der Waals surface area contributed by atoms with Crippen LogP contribution in [0.3, 0.4) is 0 Å². The summed E-state index contributed by atoms with van der Waals surface area (Å²) in [6.07, 6.45) is 0. The summed E-state index contributed by atoms with van der Waals surface area (Å²) in [5, 5.41) is 12.0. The van der Waals surface area contributed by atoms with E-state index in [-0.39, 0.29) is 18.6 Å². The summed E-state index contributed by atoms with van der Waals surface area (Å²) >= 11 is 0. The molecule has 2 rings (SSSR count). The number of aliphatic hydroxyl groups is 1. The van der Waals surface area contributed by atoms with E-state index in [1.165, 1.54) is 0 Å². The van der Waals surface area contributed by atoms with Crippen molar-refractivity contribution in [2.45, 2.75) is 19.5 Å². The highest BCUT2D eigenvalue weighted by molar-refractivity contribution is 5.81. The van der Waals surface area contributed by atoms with Crippen LogP contribution in [0, 0.1) is 0 Å². The van der Waals surface area contributed by atoms with Crippen molar-refractivity contribution in [1.29, 1.82) is 0 Å². The third-order valence-corrected chi connectivity index (χ3v) is 4.35. The zero-order chi connectivity index (χ0) is 16.7. The molecule has 1 atom stereocenters. The van der Waals surface area contributed by atoms with Crippen molar-refractivity contribution in [2.75, 3.05) is 46.4 Å². The zero-order valence-electron chi connectivity index (χ0n) is 14.0. The molecular weight excluding hydrogens is 294 g/mol. The Labute approximate surface area is 138 Å². The predicted octanol–water partition coefficient (Wildman–Crippen LogP) is 0.310. The Kier molecular flexibility index (Phi) is 6.83. The minimum Gasteiger partial charge on any atom is -0.497 e. The van der Waals surface area contributed by atoms with Gasteiger partial charge in [-0.15, -0.1) is 0 Å². The molecular formula is C17H27N3O3. The van der Waals surface area contributed by atoms with Crippen LogP contribution in [-0.2, 0) is 11.3 Å². The topological polar surface area (TPSA) is 65.0 Å². The van der Waals surface area contributed by atoms with Gasteiger partial charge in [0, 0.05) is 39.3 Å². The number of ether oxygens (including phenoxy) is 1. The summed E-state index contributed by atoms with van der Waals surface area (Å²) in [5.74, 6) is 0.841. The minimum absolute atomic E-state index is 0.0448. The summed E-state index contributed by atoms with van der Waals surface area (Å²) in [5.41, 5.74) is 1.03. The molecule has 1 aliphatic heterocycles. The van der Waals surface area contributed by atoms with Crippen LogP contribution in [0.15, 0.2) is 24.3 Å². The lowest BCUT2D eigenvalue weighted by Crippen LogP contribution is -2.54. The van der Waals surface area contributed by atoms with Gasteiger partial charge < -0.3 is 15.2 Å². The third kappa shape index (κ3) is 5.20. The molecule has 1 amide bonds. The Balaban J connectivity index is 1.79. The van der Waals surface area contributed by atoms with Gasteiger partial charge in [0.2, 0.25) is 5.91 Å². The maximum Gasteiger partial charge on any atom is 0.237 e. The number of rotatable bonds is 7. The van der Waals surface area contributed by atoms with Gasteiger partial charge in [0.1, 0.15) is 5.75 Å². The monoisotopic (exact) mass is 321 g/mol. The van der Waals surface area contributed by atoms with Crippen molar-refractivity contribution < 1.29 is 14.6 Å². The first-order chi connectivity index (χ1) is 11.1. The number of hydrogen-bond acceptors (Lipinski definition) is 5. The number of carbonyl (C=O) groups is 1. The fourth-order valence-electron chi connectivity index (χ4n) is 2.80. The molecule has 0 spiro atoms. The molecule has 1 fully saturated rings. The third-order valence-electron chi connectivity index (χ3n) is 4.35. The smallest absolute Gasteiger partial charge is 0.237 e. The Morgan fingerprint density at radius 2 is 2.09 bits per heavy atom. The largest absolute Gasteiger partial charge is 0.497 e. The summed E-state index contributed by atoms with van der Waals surface area (Å²) in [6, 6.07) is 7.57. The van der Waals surface area contributed by atoms with Crippen LogP contribution in [0.1, 0.15) is 12.5 Å². The fourth-order valence-corrected chi connectivity index (χ4v) is 2.80. The highest BCUT2D eigenvalue weighted by Crippen LogP contribution is 2.12. The normalized spacial score (nSPS) is 17.7. The first-order valence-corrected chi connectivity index (χ1v) is 8.12. The van der Waals surface area contributed by atoms with E-state index in [9.17, 15) is 4.79 Å². The zero-order valence-corrected chi connectivity index (χ0v) is 14.0. The van der Waals surface area contributed by atoms with Gasteiger partial charge in [-0.2, -0.15) is 0 Å². The van der Waals surface area contributed by atoms with Crippen molar-refractivity contribution >= 4 is 5.91 Å². The number of benzene rings is 1.